The molecule has 3 rings (SSSR count). The van der Waals surface area contributed by atoms with E-state index in [0.717, 1.165) is 11.3 Å². The Morgan fingerprint density at radius 3 is 2.72 bits per heavy atom. The van der Waals surface area contributed by atoms with Crippen LogP contribution in [0.3, 0.4) is 0 Å². The van der Waals surface area contributed by atoms with Crippen LogP contribution in [0.2, 0.25) is 0 Å². The molecule has 0 unspecified atom stereocenters. The first-order valence-corrected chi connectivity index (χ1v) is 5.55. The van der Waals surface area contributed by atoms with Crippen LogP contribution < -0.4 is 14.2 Å². The van der Waals surface area contributed by atoms with E-state index in [4.69, 9.17) is 14.2 Å². The molecule has 0 saturated carbocycles. The van der Waals surface area contributed by atoms with Crippen LogP contribution >= 0.6 is 0 Å². The van der Waals surface area contributed by atoms with Gasteiger partial charge in [0.25, 0.3) is 0 Å². The van der Waals surface area contributed by atoms with E-state index in [1.54, 1.807) is 19.4 Å². The van der Waals surface area contributed by atoms with Crippen molar-refractivity contribution in [3.8, 4) is 28.6 Å². The van der Waals surface area contributed by atoms with Crippen LogP contribution in [0.5, 0.6) is 17.2 Å². The van der Waals surface area contributed by atoms with Crippen LogP contribution in [0.15, 0.2) is 24.4 Å². The number of methoxy groups -OCH3 is 1. The Labute approximate surface area is 104 Å². The van der Waals surface area contributed by atoms with Crippen molar-refractivity contribution in [2.75, 3.05) is 13.9 Å². The Hall–Kier alpha value is -2.30. The third-order valence-electron chi connectivity index (χ3n) is 2.73. The molecule has 0 spiro atoms. The summed E-state index contributed by atoms with van der Waals surface area (Å²) in [5.41, 5.74) is 1.70. The van der Waals surface area contributed by atoms with Gasteiger partial charge in [0, 0.05) is 18.0 Å². The molecule has 0 saturated heterocycles. The fourth-order valence-electron chi connectivity index (χ4n) is 1.85. The van der Waals surface area contributed by atoms with E-state index >= 15 is 0 Å². The number of aryl methyl sites for hydroxylation is 1. The van der Waals surface area contributed by atoms with Gasteiger partial charge in [0.1, 0.15) is 5.75 Å². The maximum absolute atomic E-state index is 5.36. The minimum Gasteiger partial charge on any atom is -0.496 e. The predicted octanol–water partition coefficient (Wildman–Crippen LogP) is 2.19. The zero-order chi connectivity index (χ0) is 12.5. The molecule has 0 atom stereocenters. The lowest BCUT2D eigenvalue weighted by Gasteiger charge is -2.09. The molecule has 92 valence electrons. The number of fused-ring (bicyclic) bond motifs is 1. The van der Waals surface area contributed by atoms with E-state index in [2.05, 4.69) is 9.97 Å². The fraction of sp³-hybridized carbons (Fsp3) is 0.231. The number of rotatable bonds is 2. The monoisotopic (exact) mass is 244 g/mol. The molecule has 5 heteroatoms. The summed E-state index contributed by atoms with van der Waals surface area (Å²) >= 11 is 0. The molecule has 0 aliphatic carbocycles. The zero-order valence-corrected chi connectivity index (χ0v) is 10.1. The van der Waals surface area contributed by atoms with Crippen LogP contribution in [0.1, 0.15) is 5.69 Å². The number of hydrogen-bond donors (Lipinski definition) is 0. The van der Waals surface area contributed by atoms with E-state index in [-0.39, 0.29) is 6.79 Å². The molecule has 5 nitrogen and oxygen atoms in total. The van der Waals surface area contributed by atoms with E-state index in [1.165, 1.54) is 0 Å². The van der Waals surface area contributed by atoms with Crippen molar-refractivity contribution in [3.63, 3.8) is 0 Å². The Bertz CT molecular complexity index is 599. The van der Waals surface area contributed by atoms with Gasteiger partial charge in [-0.15, -0.1) is 0 Å². The molecule has 18 heavy (non-hydrogen) atoms. The Balaban J connectivity index is 2.16. The number of aromatic nitrogens is 2. The summed E-state index contributed by atoms with van der Waals surface area (Å²) in [6.45, 7) is 2.15. The number of hydrogen-bond acceptors (Lipinski definition) is 5. The highest BCUT2D eigenvalue weighted by molar-refractivity contribution is 5.69. The van der Waals surface area contributed by atoms with Crippen molar-refractivity contribution < 1.29 is 14.2 Å². The van der Waals surface area contributed by atoms with E-state index in [0.29, 0.717) is 23.1 Å². The van der Waals surface area contributed by atoms with Crippen LogP contribution in [0.4, 0.5) is 0 Å². The van der Waals surface area contributed by atoms with E-state index in [9.17, 15) is 0 Å². The van der Waals surface area contributed by atoms with Crippen molar-refractivity contribution in [2.24, 2.45) is 0 Å². The average molecular weight is 244 g/mol. The second kappa shape index (κ2) is 4.18. The van der Waals surface area contributed by atoms with Gasteiger partial charge in [-0.3, -0.25) is 0 Å². The molecule has 1 aliphatic rings. The molecule has 0 bridgehead atoms. The molecule has 1 aliphatic heterocycles. The second-order valence-corrected chi connectivity index (χ2v) is 3.93. The minimum atomic E-state index is 0.233. The maximum atomic E-state index is 5.36. The molecule has 0 N–H and O–H groups in total. The smallest absolute Gasteiger partial charge is 0.231 e. The predicted molar refractivity (Wildman–Crippen MR) is 64.9 cm³/mol. The first-order valence-electron chi connectivity index (χ1n) is 5.55. The van der Waals surface area contributed by atoms with Gasteiger partial charge >= 0.3 is 0 Å². The summed E-state index contributed by atoms with van der Waals surface area (Å²) in [6, 6.07) is 5.49. The standard InChI is InChI=1S/C13H12N2O3/c1-8-3-4-14-13(15-8)9-5-11-12(18-7-17-11)6-10(9)16-2/h3-6H,7H2,1-2H3. The SMILES string of the molecule is COc1cc2c(cc1-c1nccc(C)n1)OCO2. The summed E-state index contributed by atoms with van der Waals surface area (Å²) in [4.78, 5) is 8.65. The highest BCUT2D eigenvalue weighted by Gasteiger charge is 2.19. The quantitative estimate of drug-likeness (QED) is 0.810. The van der Waals surface area contributed by atoms with Crippen molar-refractivity contribution >= 4 is 0 Å². The molecule has 0 radical (unpaired) electrons. The van der Waals surface area contributed by atoms with Gasteiger partial charge in [0.15, 0.2) is 17.3 Å². The summed E-state index contributed by atoms with van der Waals surface area (Å²) in [5.74, 6) is 2.66. The molecule has 2 heterocycles. The maximum Gasteiger partial charge on any atom is 0.231 e. The van der Waals surface area contributed by atoms with Crippen molar-refractivity contribution in [2.45, 2.75) is 6.92 Å². The van der Waals surface area contributed by atoms with Crippen LogP contribution in [-0.2, 0) is 0 Å². The largest absolute Gasteiger partial charge is 0.496 e. The third kappa shape index (κ3) is 1.73. The minimum absolute atomic E-state index is 0.233. The van der Waals surface area contributed by atoms with Crippen LogP contribution in [-0.4, -0.2) is 23.9 Å². The zero-order valence-electron chi connectivity index (χ0n) is 10.1. The fourth-order valence-corrected chi connectivity index (χ4v) is 1.85. The summed E-state index contributed by atoms with van der Waals surface area (Å²) < 4.78 is 16.0. The first kappa shape index (κ1) is 10.8. The van der Waals surface area contributed by atoms with Crippen LogP contribution in [0.25, 0.3) is 11.4 Å². The molecule has 0 amide bonds. The molecular formula is C13H12N2O3. The van der Waals surface area contributed by atoms with E-state index in [1.807, 2.05) is 19.1 Å². The van der Waals surface area contributed by atoms with Crippen LogP contribution in [0, 0.1) is 6.92 Å². The molecule has 0 fully saturated rings. The van der Waals surface area contributed by atoms with Gasteiger partial charge in [-0.1, -0.05) is 0 Å². The van der Waals surface area contributed by atoms with E-state index < -0.39 is 0 Å². The Morgan fingerprint density at radius 1 is 1.22 bits per heavy atom. The molecular weight excluding hydrogens is 232 g/mol. The lowest BCUT2D eigenvalue weighted by atomic mass is 10.1. The molecule has 1 aromatic carbocycles. The third-order valence-corrected chi connectivity index (χ3v) is 2.73. The second-order valence-electron chi connectivity index (χ2n) is 3.93. The number of nitrogens with zero attached hydrogens (tertiary/aromatic N) is 2. The number of ether oxygens (including phenoxy) is 3. The van der Waals surface area contributed by atoms with Crippen molar-refractivity contribution in [1.82, 2.24) is 9.97 Å². The highest BCUT2D eigenvalue weighted by Crippen LogP contribution is 2.41. The summed E-state index contributed by atoms with van der Waals surface area (Å²) in [6.07, 6.45) is 1.72. The van der Waals surface area contributed by atoms with Gasteiger partial charge < -0.3 is 14.2 Å². The van der Waals surface area contributed by atoms with Gasteiger partial charge in [0.2, 0.25) is 6.79 Å². The van der Waals surface area contributed by atoms with Gasteiger partial charge in [-0.05, 0) is 19.1 Å². The lowest BCUT2D eigenvalue weighted by Crippen LogP contribution is -1.94. The summed E-state index contributed by atoms with van der Waals surface area (Å²) in [7, 11) is 1.61. The highest BCUT2D eigenvalue weighted by atomic mass is 16.7. The summed E-state index contributed by atoms with van der Waals surface area (Å²) in [5, 5.41) is 0. The van der Waals surface area contributed by atoms with Gasteiger partial charge in [-0.25, -0.2) is 9.97 Å². The van der Waals surface area contributed by atoms with Crippen molar-refractivity contribution in [3.05, 3.63) is 30.1 Å². The topological polar surface area (TPSA) is 53.5 Å². The first-order chi connectivity index (χ1) is 8.78. The average Bonchev–Trinajstić information content (AvgIpc) is 2.84. The Morgan fingerprint density at radius 2 is 2.00 bits per heavy atom. The van der Waals surface area contributed by atoms with Gasteiger partial charge in [-0.2, -0.15) is 0 Å². The molecule has 2 aromatic rings. The Kier molecular flexibility index (Phi) is 2.51. The molecule has 1 aromatic heterocycles. The normalized spacial score (nSPS) is 12.6. The van der Waals surface area contributed by atoms with Crippen molar-refractivity contribution in [1.29, 1.82) is 0 Å². The lowest BCUT2D eigenvalue weighted by molar-refractivity contribution is 0.174. The van der Waals surface area contributed by atoms with Gasteiger partial charge in [0.05, 0.1) is 12.7 Å². The number of benzene rings is 1.